The van der Waals surface area contributed by atoms with Gasteiger partial charge >= 0.3 is 0 Å². The number of carbonyl (C=O) groups is 1. The molecule has 3 aromatic rings. The van der Waals surface area contributed by atoms with E-state index in [4.69, 9.17) is 9.84 Å². The number of aliphatic hydroxyl groups excluding tert-OH is 1. The third kappa shape index (κ3) is 4.04. The van der Waals surface area contributed by atoms with Crippen molar-refractivity contribution in [3.63, 3.8) is 0 Å². The van der Waals surface area contributed by atoms with E-state index in [1.165, 1.54) is 11.7 Å². The molecular formula is C27H28N2O5. The molecule has 4 rings (SSSR count). The van der Waals surface area contributed by atoms with Crippen molar-refractivity contribution >= 4 is 11.6 Å². The van der Waals surface area contributed by atoms with Gasteiger partial charge in [-0.25, -0.2) is 0 Å². The largest absolute Gasteiger partial charge is 0.491 e. The number of fused-ring (bicyclic) bond motifs is 1. The molecule has 0 unspecified atom stereocenters. The zero-order valence-corrected chi connectivity index (χ0v) is 19.2. The number of rotatable bonds is 8. The Kier molecular flexibility index (Phi) is 6.68. The van der Waals surface area contributed by atoms with Crippen molar-refractivity contribution in [2.24, 2.45) is 5.92 Å². The molecule has 2 atom stereocenters. The van der Waals surface area contributed by atoms with Gasteiger partial charge in [0.25, 0.3) is 11.5 Å². The first kappa shape index (κ1) is 23.5. The Bertz CT molecular complexity index is 1260. The molecule has 1 aliphatic rings. The predicted molar refractivity (Wildman–Crippen MR) is 130 cm³/mol. The lowest BCUT2D eigenvalue weighted by Crippen LogP contribution is -2.44. The Morgan fingerprint density at radius 2 is 1.79 bits per heavy atom. The van der Waals surface area contributed by atoms with Crippen LogP contribution in [-0.2, 0) is 16.9 Å². The molecule has 1 aliphatic heterocycles. The maximum Gasteiger partial charge on any atom is 0.297 e. The summed E-state index contributed by atoms with van der Waals surface area (Å²) in [6, 6.07) is 18.0. The Balaban J connectivity index is 1.62. The van der Waals surface area contributed by atoms with Gasteiger partial charge in [-0.2, -0.15) is 0 Å². The number of hydrogen-bond donors (Lipinski definition) is 2. The molecule has 0 spiro atoms. The van der Waals surface area contributed by atoms with Crippen LogP contribution in [0.25, 0.3) is 5.69 Å². The van der Waals surface area contributed by atoms with Crippen LogP contribution < -0.4 is 15.2 Å². The Morgan fingerprint density at radius 3 is 2.50 bits per heavy atom. The molecule has 0 saturated heterocycles. The van der Waals surface area contributed by atoms with Crippen molar-refractivity contribution in [2.75, 3.05) is 18.6 Å². The van der Waals surface area contributed by atoms with E-state index in [2.05, 4.69) is 0 Å². The van der Waals surface area contributed by atoms with Crippen molar-refractivity contribution in [3.8, 4) is 11.4 Å². The molecule has 1 amide bonds. The summed E-state index contributed by atoms with van der Waals surface area (Å²) in [5.74, 6) is -0.602. The van der Waals surface area contributed by atoms with E-state index in [1.807, 2.05) is 42.5 Å². The quantitative estimate of drug-likeness (QED) is 0.504. The van der Waals surface area contributed by atoms with E-state index in [0.717, 1.165) is 5.56 Å². The molecule has 2 heterocycles. The van der Waals surface area contributed by atoms with Crippen LogP contribution in [0, 0.1) is 5.92 Å². The normalized spacial score (nSPS) is 18.4. The smallest absolute Gasteiger partial charge is 0.297 e. The fraction of sp³-hybridized carbons (Fsp3) is 0.259. The number of para-hydroxylation sites is 1. The summed E-state index contributed by atoms with van der Waals surface area (Å²) in [7, 11) is 1.46. The highest BCUT2D eigenvalue weighted by Crippen LogP contribution is 2.45. The van der Waals surface area contributed by atoms with Gasteiger partial charge in [0, 0.05) is 30.0 Å². The van der Waals surface area contributed by atoms with Gasteiger partial charge in [0.15, 0.2) is 11.4 Å². The minimum Gasteiger partial charge on any atom is -0.491 e. The number of methoxy groups -OCH3 is 1. The fourth-order valence-corrected chi connectivity index (χ4v) is 4.35. The SMILES string of the molecule is COc1cccn(-c2ccc(CN3C(=O)[C@](O)([C@H](C)/C=C/CCO)c4ccccc43)cc2)c1=O. The van der Waals surface area contributed by atoms with Crippen LogP contribution in [0.15, 0.2) is 83.8 Å². The molecule has 2 N–H and O–H groups in total. The number of amides is 1. The standard InChI is InChI=1S/C27H28N2O5/c1-19(8-5-6-17-30)27(33)22-9-3-4-10-23(22)29(26(27)32)18-20-12-14-21(15-13-20)28-16-7-11-24(34-2)25(28)31/h3-5,7-16,19,30,33H,6,17-18H2,1-2H3/b8-5+/t19-,27+/m1/s1. The molecular weight excluding hydrogens is 432 g/mol. The molecule has 0 aliphatic carbocycles. The highest BCUT2D eigenvalue weighted by atomic mass is 16.5. The van der Waals surface area contributed by atoms with E-state index >= 15 is 0 Å². The lowest BCUT2D eigenvalue weighted by molar-refractivity contribution is -0.139. The van der Waals surface area contributed by atoms with E-state index in [-0.39, 0.29) is 30.4 Å². The van der Waals surface area contributed by atoms with Crippen molar-refractivity contribution in [1.82, 2.24) is 4.57 Å². The van der Waals surface area contributed by atoms with Gasteiger partial charge in [-0.05, 0) is 42.3 Å². The summed E-state index contributed by atoms with van der Waals surface area (Å²) in [5, 5.41) is 20.6. The predicted octanol–water partition coefficient (Wildman–Crippen LogP) is 3.16. The van der Waals surface area contributed by atoms with Crippen molar-refractivity contribution in [1.29, 1.82) is 0 Å². The third-order valence-electron chi connectivity index (χ3n) is 6.24. The van der Waals surface area contributed by atoms with Gasteiger partial charge in [-0.15, -0.1) is 0 Å². The number of pyridine rings is 1. The van der Waals surface area contributed by atoms with Crippen LogP contribution in [0.4, 0.5) is 5.69 Å². The molecule has 7 heteroatoms. The first-order valence-corrected chi connectivity index (χ1v) is 11.2. The van der Waals surface area contributed by atoms with E-state index in [9.17, 15) is 14.7 Å². The lowest BCUT2D eigenvalue weighted by atomic mass is 9.83. The molecule has 0 fully saturated rings. The molecule has 2 aromatic carbocycles. The van der Waals surface area contributed by atoms with E-state index in [1.54, 1.807) is 48.4 Å². The highest BCUT2D eigenvalue weighted by molar-refractivity contribution is 6.07. The number of aliphatic hydroxyl groups is 2. The Morgan fingerprint density at radius 1 is 1.06 bits per heavy atom. The summed E-state index contributed by atoms with van der Waals surface area (Å²) >= 11 is 0. The van der Waals surface area contributed by atoms with Crippen molar-refractivity contribution in [3.05, 3.63) is 100 Å². The maximum absolute atomic E-state index is 13.5. The topological polar surface area (TPSA) is 92.0 Å². The molecule has 0 bridgehead atoms. The van der Waals surface area contributed by atoms with Crippen LogP contribution in [0.1, 0.15) is 24.5 Å². The number of aromatic nitrogens is 1. The fourth-order valence-electron chi connectivity index (χ4n) is 4.35. The number of anilines is 1. The van der Waals surface area contributed by atoms with Crippen LogP contribution >= 0.6 is 0 Å². The monoisotopic (exact) mass is 460 g/mol. The number of benzene rings is 2. The van der Waals surface area contributed by atoms with Gasteiger partial charge in [0.2, 0.25) is 0 Å². The Hall–Kier alpha value is -3.68. The van der Waals surface area contributed by atoms with Gasteiger partial charge in [0.05, 0.1) is 19.3 Å². The average Bonchev–Trinajstić information content (AvgIpc) is 3.08. The van der Waals surface area contributed by atoms with Crippen LogP contribution in [0.2, 0.25) is 0 Å². The van der Waals surface area contributed by atoms with Gasteiger partial charge in [-0.3, -0.25) is 14.2 Å². The summed E-state index contributed by atoms with van der Waals surface area (Å²) in [6.07, 6.45) is 5.68. The zero-order chi connectivity index (χ0) is 24.3. The molecule has 1 aromatic heterocycles. The van der Waals surface area contributed by atoms with Gasteiger partial charge < -0.3 is 19.8 Å². The number of ether oxygens (including phenoxy) is 1. The second-order valence-electron chi connectivity index (χ2n) is 8.32. The molecule has 0 saturated carbocycles. The van der Waals surface area contributed by atoms with Crippen molar-refractivity contribution in [2.45, 2.75) is 25.5 Å². The molecule has 34 heavy (non-hydrogen) atoms. The van der Waals surface area contributed by atoms with E-state index < -0.39 is 11.5 Å². The average molecular weight is 461 g/mol. The number of nitrogens with zero attached hydrogens (tertiary/aromatic N) is 2. The summed E-state index contributed by atoms with van der Waals surface area (Å²) in [6.45, 7) is 2.08. The summed E-state index contributed by atoms with van der Waals surface area (Å²) in [4.78, 5) is 27.6. The first-order chi connectivity index (χ1) is 16.4. The molecule has 176 valence electrons. The molecule has 7 nitrogen and oxygen atoms in total. The summed E-state index contributed by atoms with van der Waals surface area (Å²) in [5.41, 5.74) is 0.840. The van der Waals surface area contributed by atoms with Gasteiger partial charge in [0.1, 0.15) is 0 Å². The van der Waals surface area contributed by atoms with Crippen LogP contribution in [0.5, 0.6) is 5.75 Å². The van der Waals surface area contributed by atoms with Gasteiger partial charge in [-0.1, -0.05) is 49.4 Å². The second kappa shape index (κ2) is 9.67. The highest BCUT2D eigenvalue weighted by Gasteiger charge is 2.52. The lowest BCUT2D eigenvalue weighted by Gasteiger charge is -2.27. The minimum atomic E-state index is -1.68. The van der Waals surface area contributed by atoms with E-state index in [0.29, 0.717) is 23.4 Å². The molecule has 0 radical (unpaired) electrons. The second-order valence-corrected chi connectivity index (χ2v) is 8.32. The summed E-state index contributed by atoms with van der Waals surface area (Å²) < 4.78 is 6.61. The van der Waals surface area contributed by atoms with Crippen LogP contribution in [0.3, 0.4) is 0 Å². The van der Waals surface area contributed by atoms with Crippen molar-refractivity contribution < 1.29 is 19.7 Å². The van der Waals surface area contributed by atoms with Crippen LogP contribution in [-0.4, -0.2) is 34.4 Å². The first-order valence-electron chi connectivity index (χ1n) is 11.2. The zero-order valence-electron chi connectivity index (χ0n) is 19.2. The Labute approximate surface area is 198 Å². The third-order valence-corrected chi connectivity index (χ3v) is 6.24. The number of hydrogen-bond acceptors (Lipinski definition) is 5. The number of carbonyl (C=O) groups excluding carboxylic acids is 1. The minimum absolute atomic E-state index is 0.0101. The maximum atomic E-state index is 13.5.